The van der Waals surface area contributed by atoms with Crippen LogP contribution in [0.15, 0.2) is 6.33 Å². The molecule has 0 spiro atoms. The molecule has 0 aromatic carbocycles. The number of nitrogens with zero attached hydrogens (tertiary/aromatic N) is 2. The maximum Gasteiger partial charge on any atom is 0.317 e. The van der Waals surface area contributed by atoms with E-state index in [1.54, 1.807) is 11.2 Å². The van der Waals surface area contributed by atoms with Gasteiger partial charge in [0.25, 0.3) is 0 Å². The van der Waals surface area contributed by atoms with Gasteiger partial charge in [-0.2, -0.15) is 0 Å². The van der Waals surface area contributed by atoms with Crippen molar-refractivity contribution in [2.45, 2.75) is 32.9 Å². The van der Waals surface area contributed by atoms with Crippen LogP contribution >= 0.6 is 0 Å². The lowest BCUT2D eigenvalue weighted by atomic mass is 10.1. The molecule has 0 fully saturated rings. The van der Waals surface area contributed by atoms with E-state index in [0.717, 1.165) is 24.4 Å². The molecule has 0 unspecified atom stereocenters. The fourth-order valence-electron chi connectivity index (χ4n) is 1.72. The second-order valence-corrected chi connectivity index (χ2v) is 4.10. The summed E-state index contributed by atoms with van der Waals surface area (Å²) in [5.74, 6) is 0. The van der Waals surface area contributed by atoms with Gasteiger partial charge in [-0.05, 0) is 13.8 Å². The van der Waals surface area contributed by atoms with E-state index in [4.69, 9.17) is 0 Å². The number of urea groups is 1. The predicted molar refractivity (Wildman–Crippen MR) is 56.4 cm³/mol. The number of fused-ring (bicyclic) bond motifs is 1. The molecule has 5 heteroatoms. The summed E-state index contributed by atoms with van der Waals surface area (Å²) in [5.41, 5.74) is 2.14. The Balaban J connectivity index is 2.00. The van der Waals surface area contributed by atoms with Crippen LogP contribution in [0.3, 0.4) is 0 Å². The highest BCUT2D eigenvalue weighted by molar-refractivity contribution is 5.74. The molecule has 0 saturated carbocycles. The number of nitrogens with one attached hydrogen (secondary N) is 2. The summed E-state index contributed by atoms with van der Waals surface area (Å²) < 4.78 is 0. The molecule has 1 aliphatic heterocycles. The molecular formula is C10H16N4O. The van der Waals surface area contributed by atoms with Crippen molar-refractivity contribution in [1.82, 2.24) is 20.2 Å². The van der Waals surface area contributed by atoms with Gasteiger partial charge >= 0.3 is 6.03 Å². The van der Waals surface area contributed by atoms with Crippen LogP contribution in [-0.2, 0) is 13.0 Å². The molecule has 5 nitrogen and oxygen atoms in total. The van der Waals surface area contributed by atoms with Crippen molar-refractivity contribution in [2.75, 3.05) is 6.54 Å². The number of hydrogen-bond donors (Lipinski definition) is 2. The Morgan fingerprint density at radius 3 is 3.20 bits per heavy atom. The summed E-state index contributed by atoms with van der Waals surface area (Å²) in [6, 6.07) is 0.178. The molecule has 1 aromatic heterocycles. The minimum atomic E-state index is -0.00125. The molecule has 0 atom stereocenters. The van der Waals surface area contributed by atoms with Gasteiger partial charge in [-0.1, -0.05) is 0 Å². The highest BCUT2D eigenvalue weighted by atomic mass is 16.2. The average molecular weight is 208 g/mol. The van der Waals surface area contributed by atoms with Crippen molar-refractivity contribution < 1.29 is 4.79 Å². The third-order valence-electron chi connectivity index (χ3n) is 2.48. The third-order valence-corrected chi connectivity index (χ3v) is 2.48. The second-order valence-electron chi connectivity index (χ2n) is 4.10. The summed E-state index contributed by atoms with van der Waals surface area (Å²) in [6.07, 6.45) is 2.55. The van der Waals surface area contributed by atoms with Gasteiger partial charge in [0, 0.05) is 24.7 Å². The van der Waals surface area contributed by atoms with Gasteiger partial charge in [-0.15, -0.1) is 0 Å². The standard InChI is InChI=1S/C10H16N4O/c1-7(2)13-10(15)14-4-3-8-9(5-14)12-6-11-8/h6-7H,3-5H2,1-2H3,(H,11,12)(H,13,15). The van der Waals surface area contributed by atoms with Gasteiger partial charge in [-0.3, -0.25) is 0 Å². The number of rotatable bonds is 1. The Hall–Kier alpha value is -1.52. The van der Waals surface area contributed by atoms with E-state index in [9.17, 15) is 4.79 Å². The molecule has 0 bridgehead atoms. The van der Waals surface area contributed by atoms with Crippen molar-refractivity contribution >= 4 is 6.03 Å². The Kier molecular flexibility index (Phi) is 2.62. The second kappa shape index (κ2) is 3.92. The van der Waals surface area contributed by atoms with Crippen LogP contribution < -0.4 is 5.32 Å². The maximum absolute atomic E-state index is 11.7. The minimum absolute atomic E-state index is 0.00125. The number of carbonyl (C=O) groups is 1. The van der Waals surface area contributed by atoms with E-state index < -0.39 is 0 Å². The highest BCUT2D eigenvalue weighted by Gasteiger charge is 2.22. The largest absolute Gasteiger partial charge is 0.348 e. The van der Waals surface area contributed by atoms with Gasteiger partial charge in [0.05, 0.1) is 18.6 Å². The molecule has 2 amide bonds. The zero-order valence-electron chi connectivity index (χ0n) is 9.08. The van der Waals surface area contributed by atoms with Crippen LogP contribution in [-0.4, -0.2) is 33.5 Å². The lowest BCUT2D eigenvalue weighted by molar-refractivity contribution is 0.189. The topological polar surface area (TPSA) is 61.0 Å². The van der Waals surface area contributed by atoms with Crippen LogP contribution in [0.4, 0.5) is 4.79 Å². The zero-order chi connectivity index (χ0) is 10.8. The lowest BCUT2D eigenvalue weighted by Gasteiger charge is -2.27. The minimum Gasteiger partial charge on any atom is -0.348 e. The lowest BCUT2D eigenvalue weighted by Crippen LogP contribution is -2.45. The van der Waals surface area contributed by atoms with Crippen molar-refractivity contribution in [3.05, 3.63) is 17.7 Å². The quantitative estimate of drug-likeness (QED) is 0.720. The molecule has 2 rings (SSSR count). The Morgan fingerprint density at radius 2 is 2.47 bits per heavy atom. The molecule has 0 aliphatic carbocycles. The highest BCUT2D eigenvalue weighted by Crippen LogP contribution is 2.14. The molecule has 2 N–H and O–H groups in total. The summed E-state index contributed by atoms with van der Waals surface area (Å²) in [5, 5.41) is 2.88. The summed E-state index contributed by atoms with van der Waals surface area (Å²) in [7, 11) is 0. The van der Waals surface area contributed by atoms with Gasteiger partial charge in [-0.25, -0.2) is 9.78 Å². The molecule has 0 radical (unpaired) electrons. The SMILES string of the molecule is CC(C)NC(=O)N1CCc2[nH]cnc2C1. The number of H-pyrrole nitrogens is 1. The van der Waals surface area contributed by atoms with Crippen LogP contribution in [0.5, 0.6) is 0 Å². The van der Waals surface area contributed by atoms with Crippen LogP contribution in [0.2, 0.25) is 0 Å². The molecule has 15 heavy (non-hydrogen) atoms. The van der Waals surface area contributed by atoms with E-state index in [1.807, 2.05) is 13.8 Å². The van der Waals surface area contributed by atoms with Crippen molar-refractivity contribution in [2.24, 2.45) is 0 Å². The van der Waals surface area contributed by atoms with Gasteiger partial charge in [0.2, 0.25) is 0 Å². The van der Waals surface area contributed by atoms with Crippen LogP contribution in [0.1, 0.15) is 25.2 Å². The van der Waals surface area contributed by atoms with E-state index in [1.165, 1.54) is 0 Å². The molecule has 82 valence electrons. The van der Waals surface area contributed by atoms with Crippen molar-refractivity contribution in [3.8, 4) is 0 Å². The molecule has 0 saturated heterocycles. The molecular weight excluding hydrogens is 192 g/mol. The number of carbonyl (C=O) groups excluding carboxylic acids is 1. The number of aromatic nitrogens is 2. The number of hydrogen-bond acceptors (Lipinski definition) is 2. The molecule has 1 aliphatic rings. The van der Waals surface area contributed by atoms with Crippen LogP contribution in [0, 0.1) is 0 Å². The van der Waals surface area contributed by atoms with Crippen molar-refractivity contribution in [3.63, 3.8) is 0 Å². The summed E-state index contributed by atoms with van der Waals surface area (Å²) in [4.78, 5) is 20.8. The van der Waals surface area contributed by atoms with Gasteiger partial charge in [0.15, 0.2) is 0 Å². The van der Waals surface area contributed by atoms with Gasteiger partial charge < -0.3 is 15.2 Å². The van der Waals surface area contributed by atoms with Crippen LogP contribution in [0.25, 0.3) is 0 Å². The first-order valence-electron chi connectivity index (χ1n) is 5.23. The first-order valence-corrected chi connectivity index (χ1v) is 5.23. The Bertz CT molecular complexity index is 358. The Labute approximate surface area is 88.9 Å². The van der Waals surface area contributed by atoms with Crippen molar-refractivity contribution in [1.29, 1.82) is 0 Å². The number of imidazole rings is 1. The fraction of sp³-hybridized carbons (Fsp3) is 0.600. The summed E-state index contributed by atoms with van der Waals surface area (Å²) in [6.45, 7) is 5.29. The number of aromatic amines is 1. The molecule has 2 heterocycles. The van der Waals surface area contributed by atoms with E-state index in [2.05, 4.69) is 15.3 Å². The molecule has 1 aromatic rings. The smallest absolute Gasteiger partial charge is 0.317 e. The first-order chi connectivity index (χ1) is 7.16. The number of amides is 2. The fourth-order valence-corrected chi connectivity index (χ4v) is 1.72. The van der Waals surface area contributed by atoms with E-state index in [0.29, 0.717) is 6.54 Å². The normalized spacial score (nSPS) is 15.3. The zero-order valence-corrected chi connectivity index (χ0v) is 9.08. The third kappa shape index (κ3) is 2.11. The van der Waals surface area contributed by atoms with E-state index in [-0.39, 0.29) is 12.1 Å². The maximum atomic E-state index is 11.7. The summed E-state index contributed by atoms with van der Waals surface area (Å²) >= 11 is 0. The first kappa shape index (κ1) is 10.0. The van der Waals surface area contributed by atoms with E-state index >= 15 is 0 Å². The average Bonchev–Trinajstić information content (AvgIpc) is 2.62. The monoisotopic (exact) mass is 208 g/mol. The van der Waals surface area contributed by atoms with Gasteiger partial charge in [0.1, 0.15) is 0 Å². The Morgan fingerprint density at radius 1 is 1.67 bits per heavy atom. The predicted octanol–water partition coefficient (Wildman–Crippen LogP) is 0.886.